The minimum absolute atomic E-state index is 0.876. The topological polar surface area (TPSA) is 43.6 Å². The van der Waals surface area contributed by atoms with E-state index in [1.807, 2.05) is 10.8 Å². The van der Waals surface area contributed by atoms with E-state index in [1.54, 1.807) is 24.4 Å². The zero-order chi connectivity index (χ0) is 9.97. The summed E-state index contributed by atoms with van der Waals surface area (Å²) in [6.07, 6.45) is 5.38. The van der Waals surface area contributed by atoms with E-state index < -0.39 is 0 Å². The first kappa shape index (κ1) is 9.92. The summed E-state index contributed by atoms with van der Waals surface area (Å²) >= 11 is 4.99. The van der Waals surface area contributed by atoms with Crippen molar-refractivity contribution in [2.75, 3.05) is 11.6 Å². The van der Waals surface area contributed by atoms with Crippen molar-refractivity contribution >= 4 is 38.9 Å². The largest absolute Gasteiger partial charge is 0.314 e. The normalized spacial score (nSPS) is 11.0. The summed E-state index contributed by atoms with van der Waals surface area (Å²) in [6.45, 7) is 0.876. The zero-order valence-electron chi connectivity index (χ0n) is 7.64. The van der Waals surface area contributed by atoms with Crippen LogP contribution in [0.5, 0.6) is 0 Å². The summed E-state index contributed by atoms with van der Waals surface area (Å²) in [6, 6.07) is 0. The highest BCUT2D eigenvalue weighted by Crippen LogP contribution is 2.20. The molecule has 0 saturated carbocycles. The van der Waals surface area contributed by atoms with Gasteiger partial charge in [-0.1, -0.05) is 15.9 Å². The van der Waals surface area contributed by atoms with Gasteiger partial charge in [0.15, 0.2) is 5.65 Å². The van der Waals surface area contributed by atoms with Crippen LogP contribution in [0.3, 0.4) is 0 Å². The van der Waals surface area contributed by atoms with Gasteiger partial charge in [-0.15, -0.1) is 11.8 Å². The van der Waals surface area contributed by atoms with Gasteiger partial charge in [0.05, 0.1) is 6.33 Å². The average Bonchev–Trinajstić information content (AvgIpc) is 2.62. The molecule has 0 atom stereocenters. The Labute approximate surface area is 94.3 Å². The molecule has 0 unspecified atom stereocenters. The van der Waals surface area contributed by atoms with E-state index in [-0.39, 0.29) is 0 Å². The van der Waals surface area contributed by atoms with Crippen LogP contribution in [0.25, 0.3) is 11.2 Å². The third kappa shape index (κ3) is 1.64. The minimum Gasteiger partial charge on any atom is -0.314 e. The molecular weight excluding hydrogens is 264 g/mol. The fraction of sp³-hybridized carbons (Fsp3) is 0.375. The molecule has 2 aromatic rings. The zero-order valence-corrected chi connectivity index (χ0v) is 10.0. The van der Waals surface area contributed by atoms with Crippen molar-refractivity contribution in [1.29, 1.82) is 0 Å². The number of aromatic nitrogens is 4. The predicted molar refractivity (Wildman–Crippen MR) is 60.9 cm³/mol. The van der Waals surface area contributed by atoms with Gasteiger partial charge >= 0.3 is 0 Å². The first-order chi connectivity index (χ1) is 6.86. The Kier molecular flexibility index (Phi) is 3.02. The van der Waals surface area contributed by atoms with Crippen LogP contribution in [0.4, 0.5) is 0 Å². The molecule has 0 aliphatic carbocycles. The molecule has 0 amide bonds. The second kappa shape index (κ2) is 4.27. The lowest BCUT2D eigenvalue weighted by atomic mass is 10.5. The lowest BCUT2D eigenvalue weighted by Gasteiger charge is -1.99. The molecular formula is C8H9BrN4S. The van der Waals surface area contributed by atoms with E-state index in [0.717, 1.165) is 28.1 Å². The van der Waals surface area contributed by atoms with E-state index >= 15 is 0 Å². The smallest absolute Gasteiger partial charge is 0.164 e. The summed E-state index contributed by atoms with van der Waals surface area (Å²) < 4.78 is 2.02. The van der Waals surface area contributed by atoms with Crippen LogP contribution in [0.1, 0.15) is 0 Å². The van der Waals surface area contributed by atoms with Crippen LogP contribution in [-0.4, -0.2) is 31.1 Å². The van der Waals surface area contributed by atoms with Gasteiger partial charge in [-0.2, -0.15) is 0 Å². The first-order valence-electron chi connectivity index (χ1n) is 4.12. The Morgan fingerprint density at radius 1 is 1.43 bits per heavy atom. The number of rotatable bonds is 3. The summed E-state index contributed by atoms with van der Waals surface area (Å²) in [5, 5.41) is 1.83. The Bertz CT molecular complexity index is 442. The maximum atomic E-state index is 4.30. The van der Waals surface area contributed by atoms with Crippen LogP contribution in [0, 0.1) is 0 Å². The number of imidazole rings is 1. The maximum Gasteiger partial charge on any atom is 0.164 e. The van der Waals surface area contributed by atoms with E-state index in [2.05, 4.69) is 30.9 Å². The second-order valence-electron chi connectivity index (χ2n) is 2.68. The quantitative estimate of drug-likeness (QED) is 0.487. The molecule has 0 bridgehead atoms. The standard InChI is InChI=1S/C8H9BrN4S/c1-14-8-6-7(10-4-11-8)13(3-2-9)5-12-6/h4-5H,2-3H2,1H3. The van der Waals surface area contributed by atoms with Crippen LogP contribution < -0.4 is 0 Å². The van der Waals surface area contributed by atoms with E-state index in [0.29, 0.717) is 0 Å². The van der Waals surface area contributed by atoms with Crippen molar-refractivity contribution in [3.05, 3.63) is 12.7 Å². The van der Waals surface area contributed by atoms with Gasteiger partial charge in [-0.05, 0) is 6.26 Å². The molecule has 2 rings (SSSR count). The van der Waals surface area contributed by atoms with Crippen molar-refractivity contribution in [3.8, 4) is 0 Å². The molecule has 0 aliphatic rings. The number of thioether (sulfide) groups is 1. The van der Waals surface area contributed by atoms with E-state index in [1.165, 1.54) is 0 Å². The predicted octanol–water partition coefficient (Wildman–Crippen LogP) is 1.94. The fourth-order valence-electron chi connectivity index (χ4n) is 1.26. The molecule has 2 heterocycles. The fourth-order valence-corrected chi connectivity index (χ4v) is 2.14. The van der Waals surface area contributed by atoms with E-state index in [4.69, 9.17) is 0 Å². The van der Waals surface area contributed by atoms with Crippen molar-refractivity contribution in [2.24, 2.45) is 0 Å². The molecule has 14 heavy (non-hydrogen) atoms. The Morgan fingerprint density at radius 2 is 2.29 bits per heavy atom. The van der Waals surface area contributed by atoms with Gasteiger partial charge in [-0.25, -0.2) is 15.0 Å². The first-order valence-corrected chi connectivity index (χ1v) is 6.47. The number of fused-ring (bicyclic) bond motifs is 1. The molecule has 74 valence electrons. The number of alkyl halides is 1. The summed E-state index contributed by atoms with van der Waals surface area (Å²) in [5.74, 6) is 0. The van der Waals surface area contributed by atoms with Gasteiger partial charge in [0.25, 0.3) is 0 Å². The minimum atomic E-state index is 0.876. The van der Waals surface area contributed by atoms with Gasteiger partial charge in [0.2, 0.25) is 0 Å². The number of hydrogen-bond donors (Lipinski definition) is 0. The molecule has 0 fully saturated rings. The van der Waals surface area contributed by atoms with Crippen molar-refractivity contribution in [3.63, 3.8) is 0 Å². The van der Waals surface area contributed by atoms with Crippen LogP contribution >= 0.6 is 27.7 Å². The molecule has 0 saturated heterocycles. The second-order valence-corrected chi connectivity index (χ2v) is 4.27. The van der Waals surface area contributed by atoms with Gasteiger partial charge in [0.1, 0.15) is 16.9 Å². The van der Waals surface area contributed by atoms with Crippen LogP contribution in [-0.2, 0) is 6.54 Å². The molecule has 2 aromatic heterocycles. The lowest BCUT2D eigenvalue weighted by Crippen LogP contribution is -1.98. The Morgan fingerprint density at radius 3 is 3.00 bits per heavy atom. The molecule has 6 heteroatoms. The molecule has 0 N–H and O–H groups in total. The van der Waals surface area contributed by atoms with Gasteiger partial charge in [-0.3, -0.25) is 0 Å². The Hall–Kier alpha value is -0.620. The highest BCUT2D eigenvalue weighted by molar-refractivity contribution is 9.09. The molecule has 0 spiro atoms. The maximum absolute atomic E-state index is 4.30. The molecule has 0 aliphatic heterocycles. The van der Waals surface area contributed by atoms with Crippen LogP contribution in [0.2, 0.25) is 0 Å². The number of hydrogen-bond acceptors (Lipinski definition) is 4. The third-order valence-corrected chi connectivity index (χ3v) is 2.93. The van der Waals surface area contributed by atoms with Crippen molar-refractivity contribution in [1.82, 2.24) is 19.5 Å². The Balaban J connectivity index is 2.57. The molecule has 0 aromatic carbocycles. The van der Waals surface area contributed by atoms with Crippen molar-refractivity contribution in [2.45, 2.75) is 11.6 Å². The third-order valence-electron chi connectivity index (χ3n) is 1.89. The van der Waals surface area contributed by atoms with Gasteiger partial charge in [0, 0.05) is 11.9 Å². The number of aryl methyl sites for hydroxylation is 1. The number of nitrogens with zero attached hydrogens (tertiary/aromatic N) is 4. The average molecular weight is 273 g/mol. The van der Waals surface area contributed by atoms with Crippen molar-refractivity contribution < 1.29 is 0 Å². The summed E-state index contributed by atoms with van der Waals surface area (Å²) in [4.78, 5) is 12.7. The monoisotopic (exact) mass is 272 g/mol. The van der Waals surface area contributed by atoms with Gasteiger partial charge < -0.3 is 4.57 Å². The lowest BCUT2D eigenvalue weighted by molar-refractivity contribution is 0.789. The molecule has 0 radical (unpaired) electrons. The molecule has 4 nitrogen and oxygen atoms in total. The SMILES string of the molecule is CSc1ncnc2c1ncn2CCBr. The summed E-state index contributed by atoms with van der Waals surface area (Å²) in [7, 11) is 0. The van der Waals surface area contributed by atoms with Crippen LogP contribution in [0.15, 0.2) is 17.7 Å². The highest BCUT2D eigenvalue weighted by atomic mass is 79.9. The highest BCUT2D eigenvalue weighted by Gasteiger charge is 2.07. The van der Waals surface area contributed by atoms with E-state index in [9.17, 15) is 0 Å². The number of halogens is 1. The summed E-state index contributed by atoms with van der Waals surface area (Å²) in [5.41, 5.74) is 1.80.